The summed E-state index contributed by atoms with van der Waals surface area (Å²) in [4.78, 5) is 29.4. The van der Waals surface area contributed by atoms with E-state index in [1.54, 1.807) is 19.2 Å². The Morgan fingerprint density at radius 3 is 2.86 bits per heavy atom. The highest BCUT2D eigenvalue weighted by Gasteiger charge is 2.21. The van der Waals surface area contributed by atoms with Crippen molar-refractivity contribution in [2.24, 2.45) is 5.92 Å². The van der Waals surface area contributed by atoms with Crippen LogP contribution in [0, 0.1) is 5.92 Å². The van der Waals surface area contributed by atoms with Crippen molar-refractivity contribution in [3.05, 3.63) is 23.2 Å². The Kier molecular flexibility index (Phi) is 4.90. The van der Waals surface area contributed by atoms with E-state index in [0.29, 0.717) is 28.4 Å². The van der Waals surface area contributed by atoms with Crippen LogP contribution in [0.4, 0.5) is 5.69 Å². The summed E-state index contributed by atoms with van der Waals surface area (Å²) in [6.45, 7) is 5.98. The van der Waals surface area contributed by atoms with Crippen molar-refractivity contribution in [1.29, 1.82) is 0 Å². The van der Waals surface area contributed by atoms with Gasteiger partial charge in [-0.2, -0.15) is 0 Å². The highest BCUT2D eigenvalue weighted by molar-refractivity contribution is 7.21. The predicted octanol–water partition coefficient (Wildman–Crippen LogP) is 3.46. The normalized spacial score (nSPS) is 10.9. The van der Waals surface area contributed by atoms with Crippen LogP contribution in [0.2, 0.25) is 0 Å². The van der Waals surface area contributed by atoms with Crippen LogP contribution in [-0.2, 0) is 9.53 Å². The highest BCUT2D eigenvalue weighted by Crippen LogP contribution is 2.35. The SMILES string of the molecule is CCOC(=O)c1sc2ncccc2c1NC(=O)CC(C)C. The van der Waals surface area contributed by atoms with Crippen LogP contribution in [0.5, 0.6) is 0 Å². The summed E-state index contributed by atoms with van der Waals surface area (Å²) in [6.07, 6.45) is 2.06. The summed E-state index contributed by atoms with van der Waals surface area (Å²) >= 11 is 1.23. The lowest BCUT2D eigenvalue weighted by Crippen LogP contribution is -2.16. The van der Waals surface area contributed by atoms with Crippen molar-refractivity contribution in [2.45, 2.75) is 27.2 Å². The van der Waals surface area contributed by atoms with Gasteiger partial charge in [-0.1, -0.05) is 13.8 Å². The monoisotopic (exact) mass is 306 g/mol. The number of hydrogen-bond acceptors (Lipinski definition) is 5. The summed E-state index contributed by atoms with van der Waals surface area (Å²) in [5, 5.41) is 3.60. The number of ether oxygens (including phenoxy) is 1. The Morgan fingerprint density at radius 2 is 2.19 bits per heavy atom. The molecule has 0 aliphatic rings. The molecule has 21 heavy (non-hydrogen) atoms. The lowest BCUT2D eigenvalue weighted by atomic mass is 10.1. The number of thiophene rings is 1. The van der Waals surface area contributed by atoms with E-state index < -0.39 is 5.97 Å². The molecule has 0 aromatic carbocycles. The third-order valence-electron chi connectivity index (χ3n) is 2.79. The molecule has 0 aliphatic carbocycles. The first-order valence-electron chi connectivity index (χ1n) is 6.87. The summed E-state index contributed by atoms with van der Waals surface area (Å²) in [5.74, 6) is -0.293. The quantitative estimate of drug-likeness (QED) is 0.859. The average molecular weight is 306 g/mol. The van der Waals surface area contributed by atoms with Crippen molar-refractivity contribution in [3.8, 4) is 0 Å². The fourth-order valence-electron chi connectivity index (χ4n) is 1.96. The van der Waals surface area contributed by atoms with Crippen molar-refractivity contribution in [3.63, 3.8) is 0 Å². The van der Waals surface area contributed by atoms with Gasteiger partial charge in [0.1, 0.15) is 9.71 Å². The number of esters is 1. The van der Waals surface area contributed by atoms with Crippen molar-refractivity contribution < 1.29 is 14.3 Å². The molecule has 2 aromatic rings. The molecule has 0 bridgehead atoms. The molecule has 1 N–H and O–H groups in total. The molecule has 0 aliphatic heterocycles. The zero-order chi connectivity index (χ0) is 15.4. The molecule has 0 radical (unpaired) electrons. The Morgan fingerprint density at radius 1 is 1.43 bits per heavy atom. The van der Waals surface area contributed by atoms with Gasteiger partial charge in [0.05, 0.1) is 12.3 Å². The van der Waals surface area contributed by atoms with Gasteiger partial charge >= 0.3 is 5.97 Å². The van der Waals surface area contributed by atoms with Crippen LogP contribution >= 0.6 is 11.3 Å². The smallest absolute Gasteiger partial charge is 0.350 e. The molecule has 5 nitrogen and oxygen atoms in total. The van der Waals surface area contributed by atoms with Crippen LogP contribution in [-0.4, -0.2) is 23.5 Å². The van der Waals surface area contributed by atoms with E-state index in [9.17, 15) is 9.59 Å². The maximum atomic E-state index is 12.0. The predicted molar refractivity (Wildman–Crippen MR) is 83.7 cm³/mol. The number of pyridine rings is 1. The topological polar surface area (TPSA) is 68.3 Å². The minimum atomic E-state index is -0.430. The van der Waals surface area contributed by atoms with Crippen molar-refractivity contribution in [1.82, 2.24) is 4.98 Å². The third kappa shape index (κ3) is 3.58. The Balaban J connectivity index is 2.40. The van der Waals surface area contributed by atoms with Gasteiger partial charge in [-0.25, -0.2) is 9.78 Å². The standard InChI is InChI=1S/C15H18N2O3S/c1-4-20-15(19)13-12(17-11(18)8-9(2)3)10-6-5-7-16-14(10)21-13/h5-7,9H,4,8H2,1-3H3,(H,17,18). The number of rotatable bonds is 5. The van der Waals surface area contributed by atoms with Gasteiger partial charge in [0.2, 0.25) is 5.91 Å². The van der Waals surface area contributed by atoms with E-state index in [-0.39, 0.29) is 11.8 Å². The molecule has 6 heteroatoms. The molecular weight excluding hydrogens is 288 g/mol. The second-order valence-electron chi connectivity index (χ2n) is 5.03. The molecule has 0 atom stereocenters. The fraction of sp³-hybridized carbons (Fsp3) is 0.400. The molecule has 0 spiro atoms. The van der Waals surface area contributed by atoms with Crippen molar-refractivity contribution in [2.75, 3.05) is 11.9 Å². The number of carbonyl (C=O) groups is 2. The number of amides is 1. The average Bonchev–Trinajstić information content (AvgIpc) is 2.77. The first-order chi connectivity index (χ1) is 10.0. The molecule has 0 fully saturated rings. The number of nitrogens with one attached hydrogen (secondary N) is 1. The van der Waals surface area contributed by atoms with Gasteiger partial charge < -0.3 is 10.1 Å². The third-order valence-corrected chi connectivity index (χ3v) is 3.88. The summed E-state index contributed by atoms with van der Waals surface area (Å²) in [7, 11) is 0. The minimum absolute atomic E-state index is 0.112. The van der Waals surface area contributed by atoms with Gasteiger partial charge in [0.25, 0.3) is 0 Å². The number of aromatic nitrogens is 1. The Hall–Kier alpha value is -1.95. The van der Waals surface area contributed by atoms with Crippen LogP contribution < -0.4 is 5.32 Å². The largest absolute Gasteiger partial charge is 0.462 e. The zero-order valence-corrected chi connectivity index (χ0v) is 13.1. The van der Waals surface area contributed by atoms with E-state index in [4.69, 9.17) is 4.74 Å². The zero-order valence-electron chi connectivity index (χ0n) is 12.3. The van der Waals surface area contributed by atoms with Crippen molar-refractivity contribution >= 4 is 39.1 Å². The number of hydrogen-bond donors (Lipinski definition) is 1. The number of fused-ring (bicyclic) bond motifs is 1. The van der Waals surface area contributed by atoms with Gasteiger partial charge in [-0.05, 0) is 25.0 Å². The lowest BCUT2D eigenvalue weighted by molar-refractivity contribution is -0.116. The molecule has 2 rings (SSSR count). The van der Waals surface area contributed by atoms with E-state index in [1.165, 1.54) is 11.3 Å². The van der Waals surface area contributed by atoms with Crippen LogP contribution in [0.15, 0.2) is 18.3 Å². The first kappa shape index (κ1) is 15.4. The number of carbonyl (C=O) groups excluding carboxylic acids is 2. The maximum Gasteiger partial charge on any atom is 0.350 e. The van der Waals surface area contributed by atoms with Crippen LogP contribution in [0.25, 0.3) is 10.2 Å². The molecule has 112 valence electrons. The van der Waals surface area contributed by atoms with Crippen LogP contribution in [0.1, 0.15) is 36.9 Å². The summed E-state index contributed by atoms with van der Waals surface area (Å²) in [6, 6.07) is 3.62. The number of nitrogens with zero attached hydrogens (tertiary/aromatic N) is 1. The van der Waals surface area contributed by atoms with E-state index in [0.717, 1.165) is 5.39 Å². The number of anilines is 1. The van der Waals surface area contributed by atoms with E-state index in [2.05, 4.69) is 10.3 Å². The second kappa shape index (κ2) is 6.67. The molecule has 2 aromatic heterocycles. The maximum absolute atomic E-state index is 12.0. The molecule has 1 amide bonds. The Labute approximate surface area is 127 Å². The summed E-state index contributed by atoms with van der Waals surface area (Å²) in [5.41, 5.74) is 0.507. The van der Waals surface area contributed by atoms with E-state index in [1.807, 2.05) is 19.9 Å². The van der Waals surface area contributed by atoms with Gasteiger partial charge in [-0.15, -0.1) is 11.3 Å². The van der Waals surface area contributed by atoms with Crippen LogP contribution in [0.3, 0.4) is 0 Å². The van der Waals surface area contributed by atoms with Gasteiger partial charge in [0.15, 0.2) is 0 Å². The summed E-state index contributed by atoms with van der Waals surface area (Å²) < 4.78 is 5.05. The first-order valence-corrected chi connectivity index (χ1v) is 7.69. The highest BCUT2D eigenvalue weighted by atomic mass is 32.1. The second-order valence-corrected chi connectivity index (χ2v) is 6.03. The molecule has 2 heterocycles. The van der Waals surface area contributed by atoms with E-state index >= 15 is 0 Å². The molecule has 0 unspecified atom stereocenters. The lowest BCUT2D eigenvalue weighted by Gasteiger charge is -2.08. The molecular formula is C15H18N2O3S. The molecule has 0 saturated heterocycles. The van der Waals surface area contributed by atoms with Gasteiger partial charge in [0, 0.05) is 18.0 Å². The fourth-order valence-corrected chi connectivity index (χ4v) is 2.95. The molecule has 0 saturated carbocycles. The minimum Gasteiger partial charge on any atom is -0.462 e. The Bertz CT molecular complexity index is 664. The van der Waals surface area contributed by atoms with Gasteiger partial charge in [-0.3, -0.25) is 4.79 Å².